The lowest BCUT2D eigenvalue weighted by atomic mass is 9.83. The predicted octanol–water partition coefficient (Wildman–Crippen LogP) is 5.49. The summed E-state index contributed by atoms with van der Waals surface area (Å²) >= 11 is 0. The van der Waals surface area contributed by atoms with Crippen LogP contribution >= 0.6 is 0 Å². The SMILES string of the molecule is CC.CC.Cc1ccc2c(c1)CCCC2C. The largest absolute Gasteiger partial charge is 0.0683 e. The summed E-state index contributed by atoms with van der Waals surface area (Å²) < 4.78 is 0. The normalized spacial score (nSPS) is 17.2. The molecule has 92 valence electrons. The molecule has 0 aromatic heterocycles. The van der Waals surface area contributed by atoms with Crippen molar-refractivity contribution in [3.63, 3.8) is 0 Å². The van der Waals surface area contributed by atoms with Gasteiger partial charge in [-0.05, 0) is 43.2 Å². The van der Waals surface area contributed by atoms with Crippen LogP contribution in [0.5, 0.6) is 0 Å². The van der Waals surface area contributed by atoms with Gasteiger partial charge in [-0.25, -0.2) is 0 Å². The molecular weight excluding hydrogens is 192 g/mol. The van der Waals surface area contributed by atoms with E-state index in [4.69, 9.17) is 0 Å². The van der Waals surface area contributed by atoms with Gasteiger partial charge in [0.1, 0.15) is 0 Å². The number of hydrogen-bond donors (Lipinski definition) is 0. The Balaban J connectivity index is 0.000000509. The molecule has 0 heteroatoms. The molecule has 1 atom stereocenters. The maximum Gasteiger partial charge on any atom is -0.0188 e. The van der Waals surface area contributed by atoms with Crippen molar-refractivity contribution in [1.82, 2.24) is 0 Å². The van der Waals surface area contributed by atoms with Crippen LogP contribution in [0.25, 0.3) is 0 Å². The highest BCUT2D eigenvalue weighted by Gasteiger charge is 2.15. The van der Waals surface area contributed by atoms with Crippen LogP contribution in [0.3, 0.4) is 0 Å². The van der Waals surface area contributed by atoms with E-state index in [0.717, 1.165) is 5.92 Å². The van der Waals surface area contributed by atoms with Crippen molar-refractivity contribution in [3.05, 3.63) is 34.9 Å². The van der Waals surface area contributed by atoms with Gasteiger partial charge in [0.05, 0.1) is 0 Å². The van der Waals surface area contributed by atoms with Crippen LogP contribution in [0.15, 0.2) is 18.2 Å². The Morgan fingerprint density at radius 2 is 1.69 bits per heavy atom. The smallest absolute Gasteiger partial charge is 0.0188 e. The number of aryl methyl sites for hydroxylation is 2. The molecule has 2 rings (SSSR count). The minimum absolute atomic E-state index is 0.786. The van der Waals surface area contributed by atoms with Gasteiger partial charge < -0.3 is 0 Å². The van der Waals surface area contributed by atoms with Crippen molar-refractivity contribution in [1.29, 1.82) is 0 Å². The topological polar surface area (TPSA) is 0 Å². The van der Waals surface area contributed by atoms with Crippen LogP contribution in [-0.2, 0) is 6.42 Å². The van der Waals surface area contributed by atoms with E-state index in [1.807, 2.05) is 27.7 Å². The summed E-state index contributed by atoms with van der Waals surface area (Å²) in [5, 5.41) is 0. The molecule has 0 radical (unpaired) electrons. The number of rotatable bonds is 0. The van der Waals surface area contributed by atoms with E-state index in [0.29, 0.717) is 0 Å². The molecule has 1 aromatic carbocycles. The predicted molar refractivity (Wildman–Crippen MR) is 75.2 cm³/mol. The molecule has 0 fully saturated rings. The summed E-state index contributed by atoms with van der Waals surface area (Å²) in [6.07, 6.45) is 4.04. The van der Waals surface area contributed by atoms with E-state index in [1.54, 1.807) is 11.1 Å². The Hall–Kier alpha value is -0.780. The fourth-order valence-corrected chi connectivity index (χ4v) is 2.19. The van der Waals surface area contributed by atoms with Crippen molar-refractivity contribution in [3.8, 4) is 0 Å². The standard InChI is InChI=1S/C12H16.2C2H6/c1-9-6-7-12-10(2)4-3-5-11(12)8-9;2*1-2/h6-8,10H,3-5H2,1-2H3;2*1-2H3. The zero-order valence-electron chi connectivity index (χ0n) is 11.9. The first-order chi connectivity index (χ1) is 7.77. The fourth-order valence-electron chi connectivity index (χ4n) is 2.19. The summed E-state index contributed by atoms with van der Waals surface area (Å²) in [5.41, 5.74) is 4.59. The van der Waals surface area contributed by atoms with Crippen LogP contribution in [0.4, 0.5) is 0 Å². The molecule has 0 saturated heterocycles. The second-order valence-electron chi connectivity index (χ2n) is 4.00. The van der Waals surface area contributed by atoms with E-state index >= 15 is 0 Å². The molecule has 0 amide bonds. The Labute approximate surface area is 102 Å². The van der Waals surface area contributed by atoms with Crippen LogP contribution in [0, 0.1) is 6.92 Å². The van der Waals surface area contributed by atoms with Gasteiger partial charge in [-0.2, -0.15) is 0 Å². The number of hydrogen-bond acceptors (Lipinski definition) is 0. The zero-order chi connectivity index (χ0) is 12.6. The minimum Gasteiger partial charge on any atom is -0.0683 e. The van der Waals surface area contributed by atoms with Crippen LogP contribution in [-0.4, -0.2) is 0 Å². The minimum atomic E-state index is 0.786. The summed E-state index contributed by atoms with van der Waals surface area (Å²) in [6.45, 7) is 12.5. The van der Waals surface area contributed by atoms with Crippen molar-refractivity contribution >= 4 is 0 Å². The monoisotopic (exact) mass is 220 g/mol. The molecule has 0 bridgehead atoms. The molecule has 16 heavy (non-hydrogen) atoms. The first-order valence-corrected chi connectivity index (χ1v) is 6.87. The molecule has 0 spiro atoms. The third kappa shape index (κ3) is 4.00. The van der Waals surface area contributed by atoms with Gasteiger partial charge in [0, 0.05) is 0 Å². The van der Waals surface area contributed by atoms with Crippen LogP contribution in [0.2, 0.25) is 0 Å². The first-order valence-electron chi connectivity index (χ1n) is 6.87. The summed E-state index contributed by atoms with van der Waals surface area (Å²) in [7, 11) is 0. The molecule has 1 aromatic rings. The van der Waals surface area contributed by atoms with Crippen molar-refractivity contribution in [2.75, 3.05) is 0 Å². The molecule has 1 aliphatic carbocycles. The van der Waals surface area contributed by atoms with Gasteiger partial charge in [0.2, 0.25) is 0 Å². The van der Waals surface area contributed by atoms with Gasteiger partial charge in [0.25, 0.3) is 0 Å². The van der Waals surface area contributed by atoms with Crippen LogP contribution in [0.1, 0.15) is 70.1 Å². The zero-order valence-corrected chi connectivity index (χ0v) is 11.9. The molecule has 1 unspecified atom stereocenters. The first kappa shape index (κ1) is 15.2. The maximum absolute atomic E-state index is 2.35. The van der Waals surface area contributed by atoms with E-state index in [9.17, 15) is 0 Å². The lowest BCUT2D eigenvalue weighted by Gasteiger charge is -2.22. The summed E-state index contributed by atoms with van der Waals surface area (Å²) in [5.74, 6) is 0.786. The number of fused-ring (bicyclic) bond motifs is 1. The molecule has 1 aliphatic rings. The Morgan fingerprint density at radius 1 is 1.06 bits per heavy atom. The maximum atomic E-state index is 2.35. The van der Waals surface area contributed by atoms with E-state index < -0.39 is 0 Å². The second-order valence-corrected chi connectivity index (χ2v) is 4.00. The Morgan fingerprint density at radius 3 is 2.31 bits per heavy atom. The average Bonchev–Trinajstić information content (AvgIpc) is 2.34. The highest BCUT2D eigenvalue weighted by molar-refractivity contribution is 5.35. The third-order valence-electron chi connectivity index (χ3n) is 2.91. The molecule has 0 aliphatic heterocycles. The highest BCUT2D eigenvalue weighted by atomic mass is 14.2. The van der Waals surface area contributed by atoms with E-state index in [-0.39, 0.29) is 0 Å². The van der Waals surface area contributed by atoms with Crippen molar-refractivity contribution < 1.29 is 0 Å². The third-order valence-corrected chi connectivity index (χ3v) is 2.91. The van der Waals surface area contributed by atoms with Gasteiger partial charge in [0.15, 0.2) is 0 Å². The second kappa shape index (κ2) is 8.38. The van der Waals surface area contributed by atoms with Crippen molar-refractivity contribution in [2.24, 2.45) is 0 Å². The molecule has 0 saturated carbocycles. The van der Waals surface area contributed by atoms with Crippen molar-refractivity contribution in [2.45, 2.75) is 66.7 Å². The van der Waals surface area contributed by atoms with E-state index in [1.165, 1.54) is 24.8 Å². The van der Waals surface area contributed by atoms with Crippen LogP contribution < -0.4 is 0 Å². The molecular formula is C16H28. The molecule has 0 nitrogen and oxygen atoms in total. The summed E-state index contributed by atoms with van der Waals surface area (Å²) in [4.78, 5) is 0. The highest BCUT2D eigenvalue weighted by Crippen LogP contribution is 2.31. The average molecular weight is 220 g/mol. The number of benzene rings is 1. The fraction of sp³-hybridized carbons (Fsp3) is 0.625. The molecule has 0 N–H and O–H groups in total. The van der Waals surface area contributed by atoms with Gasteiger partial charge >= 0.3 is 0 Å². The Kier molecular flexibility index (Phi) is 7.97. The van der Waals surface area contributed by atoms with Gasteiger partial charge in [-0.15, -0.1) is 0 Å². The summed E-state index contributed by atoms with van der Waals surface area (Å²) in [6, 6.07) is 6.90. The lowest BCUT2D eigenvalue weighted by molar-refractivity contribution is 0.590. The lowest BCUT2D eigenvalue weighted by Crippen LogP contribution is -2.06. The quantitative estimate of drug-likeness (QED) is 0.542. The van der Waals surface area contributed by atoms with Gasteiger partial charge in [-0.3, -0.25) is 0 Å². The Bertz CT molecular complexity index is 286. The van der Waals surface area contributed by atoms with Gasteiger partial charge in [-0.1, -0.05) is 58.4 Å². The van der Waals surface area contributed by atoms with E-state index in [2.05, 4.69) is 32.0 Å². The molecule has 0 heterocycles.